The summed E-state index contributed by atoms with van der Waals surface area (Å²) in [7, 11) is 1.18. The van der Waals surface area contributed by atoms with Gasteiger partial charge in [-0.05, 0) is 25.1 Å². The van der Waals surface area contributed by atoms with E-state index in [2.05, 4.69) is 9.72 Å². The average Bonchev–Trinajstić information content (AvgIpc) is 3.05. The van der Waals surface area contributed by atoms with Gasteiger partial charge < -0.3 is 13.9 Å². The highest BCUT2D eigenvalue weighted by Gasteiger charge is 2.37. The summed E-state index contributed by atoms with van der Waals surface area (Å²) in [4.78, 5) is 28.6. The number of hydrogen-bond donors (Lipinski definition) is 0. The molecule has 1 aliphatic rings. The number of carbonyl (C=O) groups excluding carboxylic acids is 2. The SMILES string of the molecule is COC(=O)c1ccc(CN2C(=O)C(C)Oc3ncc(C(F)(F)F)cc32)o1. The predicted molar refractivity (Wildman–Crippen MR) is 80.6 cm³/mol. The summed E-state index contributed by atoms with van der Waals surface area (Å²) in [6.45, 7) is 1.26. The number of esters is 1. The first-order valence-corrected chi connectivity index (χ1v) is 7.43. The smallest absolute Gasteiger partial charge is 0.417 e. The lowest BCUT2D eigenvalue weighted by Crippen LogP contribution is -2.44. The molecule has 7 nitrogen and oxygen atoms in total. The van der Waals surface area contributed by atoms with Crippen molar-refractivity contribution in [3.8, 4) is 5.88 Å². The molecular formula is C16H13F3N2O5. The fraction of sp³-hybridized carbons (Fsp3) is 0.312. The number of halogens is 3. The number of rotatable bonds is 3. The van der Waals surface area contributed by atoms with Crippen molar-refractivity contribution in [2.45, 2.75) is 25.7 Å². The minimum absolute atomic E-state index is 0.0846. The van der Waals surface area contributed by atoms with Crippen LogP contribution in [0, 0.1) is 0 Å². The largest absolute Gasteiger partial charge is 0.463 e. The van der Waals surface area contributed by atoms with Crippen molar-refractivity contribution in [2.75, 3.05) is 12.0 Å². The number of nitrogens with zero attached hydrogens (tertiary/aromatic N) is 2. The molecule has 2 aromatic heterocycles. The van der Waals surface area contributed by atoms with E-state index in [-0.39, 0.29) is 29.6 Å². The Morgan fingerprint density at radius 3 is 2.77 bits per heavy atom. The van der Waals surface area contributed by atoms with Gasteiger partial charge >= 0.3 is 12.1 Å². The molecule has 0 saturated heterocycles. The number of aromatic nitrogens is 1. The van der Waals surface area contributed by atoms with Crippen molar-refractivity contribution in [1.29, 1.82) is 0 Å². The molecule has 0 saturated carbocycles. The van der Waals surface area contributed by atoms with E-state index < -0.39 is 29.7 Å². The third kappa shape index (κ3) is 3.22. The molecule has 3 heterocycles. The highest BCUT2D eigenvalue weighted by atomic mass is 19.4. The molecule has 10 heteroatoms. The van der Waals surface area contributed by atoms with Crippen LogP contribution < -0.4 is 9.64 Å². The van der Waals surface area contributed by atoms with Crippen LogP contribution in [-0.4, -0.2) is 30.1 Å². The number of furan rings is 1. The molecule has 138 valence electrons. The molecule has 1 unspecified atom stereocenters. The molecule has 0 aliphatic carbocycles. The molecule has 0 spiro atoms. The Hall–Kier alpha value is -3.04. The maximum absolute atomic E-state index is 13.0. The quantitative estimate of drug-likeness (QED) is 0.773. The van der Waals surface area contributed by atoms with Crippen LogP contribution in [0.2, 0.25) is 0 Å². The minimum Gasteiger partial charge on any atom is -0.463 e. The van der Waals surface area contributed by atoms with Gasteiger partial charge in [-0.2, -0.15) is 13.2 Å². The minimum atomic E-state index is -4.62. The number of pyridine rings is 1. The van der Waals surface area contributed by atoms with Gasteiger partial charge in [-0.15, -0.1) is 0 Å². The zero-order valence-corrected chi connectivity index (χ0v) is 13.7. The predicted octanol–water partition coefficient (Wildman–Crippen LogP) is 2.79. The van der Waals surface area contributed by atoms with Crippen LogP contribution in [0.4, 0.5) is 18.9 Å². The van der Waals surface area contributed by atoms with E-state index in [9.17, 15) is 22.8 Å². The summed E-state index contributed by atoms with van der Waals surface area (Å²) in [6.07, 6.45) is -4.91. The Labute approximate surface area is 145 Å². The van der Waals surface area contributed by atoms with Crippen LogP contribution in [0.15, 0.2) is 28.8 Å². The number of methoxy groups -OCH3 is 1. The Kier molecular flexibility index (Phi) is 4.34. The molecule has 0 aromatic carbocycles. The lowest BCUT2D eigenvalue weighted by molar-refractivity contribution is -0.138. The van der Waals surface area contributed by atoms with Crippen molar-refractivity contribution >= 4 is 17.6 Å². The second-order valence-corrected chi connectivity index (χ2v) is 5.49. The first kappa shape index (κ1) is 17.8. The Balaban J connectivity index is 1.97. The lowest BCUT2D eigenvalue weighted by atomic mass is 10.2. The maximum atomic E-state index is 13.0. The first-order chi connectivity index (χ1) is 12.2. The molecule has 3 rings (SSSR count). The lowest BCUT2D eigenvalue weighted by Gasteiger charge is -2.32. The van der Waals surface area contributed by atoms with E-state index in [0.29, 0.717) is 6.20 Å². The van der Waals surface area contributed by atoms with Gasteiger partial charge in [0.2, 0.25) is 11.6 Å². The number of ether oxygens (including phenoxy) is 2. The fourth-order valence-corrected chi connectivity index (χ4v) is 2.43. The summed E-state index contributed by atoms with van der Waals surface area (Å²) in [5.74, 6) is -1.26. The number of carbonyl (C=O) groups is 2. The standard InChI is InChI=1S/C16H13F3N2O5/c1-8-14(22)21(7-10-3-4-12(26-10)15(23)24-2)11-5-9(16(17,18)19)6-20-13(11)25-8/h3-6,8H,7H2,1-2H3. The van der Waals surface area contributed by atoms with Crippen LogP contribution in [-0.2, 0) is 22.3 Å². The number of fused-ring (bicyclic) bond motifs is 1. The molecule has 0 fully saturated rings. The number of hydrogen-bond acceptors (Lipinski definition) is 6. The Bertz CT molecular complexity index is 862. The van der Waals surface area contributed by atoms with Crippen molar-refractivity contribution in [2.24, 2.45) is 0 Å². The number of anilines is 1. The fourth-order valence-electron chi connectivity index (χ4n) is 2.43. The van der Waals surface area contributed by atoms with E-state index in [4.69, 9.17) is 9.15 Å². The van der Waals surface area contributed by atoms with Gasteiger partial charge in [0.05, 0.1) is 19.2 Å². The van der Waals surface area contributed by atoms with Crippen molar-refractivity contribution in [3.63, 3.8) is 0 Å². The van der Waals surface area contributed by atoms with Crippen LogP contribution in [0.5, 0.6) is 5.88 Å². The molecule has 0 radical (unpaired) electrons. The van der Waals surface area contributed by atoms with Crippen LogP contribution in [0.1, 0.15) is 28.8 Å². The molecule has 1 atom stereocenters. The van der Waals surface area contributed by atoms with Crippen LogP contribution in [0.3, 0.4) is 0 Å². The molecular weight excluding hydrogens is 357 g/mol. The van der Waals surface area contributed by atoms with E-state index in [1.165, 1.54) is 26.2 Å². The van der Waals surface area contributed by atoms with Gasteiger partial charge in [0.25, 0.3) is 5.91 Å². The van der Waals surface area contributed by atoms with Gasteiger partial charge in [-0.25, -0.2) is 9.78 Å². The Morgan fingerprint density at radius 1 is 1.38 bits per heavy atom. The second kappa shape index (κ2) is 6.36. The molecule has 1 amide bonds. The van der Waals surface area contributed by atoms with Gasteiger partial charge in [0, 0.05) is 6.20 Å². The van der Waals surface area contributed by atoms with Gasteiger partial charge in [-0.1, -0.05) is 0 Å². The summed E-state index contributed by atoms with van der Waals surface area (Å²) >= 11 is 0. The van der Waals surface area contributed by atoms with E-state index >= 15 is 0 Å². The molecule has 0 bridgehead atoms. The monoisotopic (exact) mass is 370 g/mol. The van der Waals surface area contributed by atoms with Crippen molar-refractivity contribution < 1.29 is 36.7 Å². The van der Waals surface area contributed by atoms with E-state index in [1.54, 1.807) is 0 Å². The summed E-state index contributed by atoms with van der Waals surface area (Å²) in [5, 5.41) is 0. The number of alkyl halides is 3. The third-order valence-electron chi connectivity index (χ3n) is 3.71. The maximum Gasteiger partial charge on any atom is 0.417 e. The van der Waals surface area contributed by atoms with Gasteiger partial charge in [-0.3, -0.25) is 9.69 Å². The zero-order chi connectivity index (χ0) is 19.1. The Morgan fingerprint density at radius 2 is 2.12 bits per heavy atom. The highest BCUT2D eigenvalue weighted by Crippen LogP contribution is 2.38. The third-order valence-corrected chi connectivity index (χ3v) is 3.71. The number of amides is 1. The topological polar surface area (TPSA) is 81.9 Å². The second-order valence-electron chi connectivity index (χ2n) is 5.49. The summed E-state index contributed by atoms with van der Waals surface area (Å²) in [5.41, 5.74) is -1.14. The van der Waals surface area contributed by atoms with Crippen molar-refractivity contribution in [3.05, 3.63) is 41.5 Å². The zero-order valence-electron chi connectivity index (χ0n) is 13.7. The van der Waals surface area contributed by atoms with E-state index in [0.717, 1.165) is 11.0 Å². The molecule has 0 N–H and O–H groups in total. The normalized spacial score (nSPS) is 16.9. The molecule has 2 aromatic rings. The summed E-state index contributed by atoms with van der Waals surface area (Å²) in [6, 6.07) is 3.57. The molecule has 26 heavy (non-hydrogen) atoms. The average molecular weight is 370 g/mol. The van der Waals surface area contributed by atoms with E-state index in [1.807, 2.05) is 0 Å². The first-order valence-electron chi connectivity index (χ1n) is 7.43. The van der Waals surface area contributed by atoms with Crippen LogP contribution >= 0.6 is 0 Å². The van der Waals surface area contributed by atoms with Crippen LogP contribution in [0.25, 0.3) is 0 Å². The summed E-state index contributed by atoms with van der Waals surface area (Å²) < 4.78 is 54.0. The van der Waals surface area contributed by atoms with Gasteiger partial charge in [0.1, 0.15) is 11.4 Å². The molecule has 1 aliphatic heterocycles. The van der Waals surface area contributed by atoms with Crippen molar-refractivity contribution in [1.82, 2.24) is 4.98 Å². The highest BCUT2D eigenvalue weighted by molar-refractivity contribution is 5.99. The van der Waals surface area contributed by atoms with Gasteiger partial charge in [0.15, 0.2) is 6.10 Å².